The molecular weight excluding hydrogens is 296 g/mol. The normalized spacial score (nSPS) is 10.7. The number of benzene rings is 1. The van der Waals surface area contributed by atoms with Gasteiger partial charge in [-0.05, 0) is 17.2 Å². The fourth-order valence-corrected chi connectivity index (χ4v) is 2.83. The first-order chi connectivity index (χ1) is 11.8. The molecule has 0 N–H and O–H groups in total. The second-order valence-corrected chi connectivity index (χ2v) is 5.96. The van der Waals surface area contributed by atoms with Gasteiger partial charge in [0.25, 0.3) is 0 Å². The molecule has 122 valence electrons. The van der Waals surface area contributed by atoms with Crippen molar-refractivity contribution >= 4 is 0 Å². The highest BCUT2D eigenvalue weighted by Crippen LogP contribution is 2.05. The van der Waals surface area contributed by atoms with Crippen LogP contribution in [0.25, 0.3) is 0 Å². The van der Waals surface area contributed by atoms with E-state index in [9.17, 15) is 0 Å². The molecule has 0 bridgehead atoms. The van der Waals surface area contributed by atoms with Crippen LogP contribution in [0.1, 0.15) is 11.1 Å². The zero-order valence-electron chi connectivity index (χ0n) is 14.0. The summed E-state index contributed by atoms with van der Waals surface area (Å²) in [6, 6.07) is 8.76. The maximum Gasteiger partial charge on any atom is 0.244 e. The van der Waals surface area contributed by atoms with Gasteiger partial charge in [-0.2, -0.15) is 0 Å². The maximum absolute atomic E-state index is 3.77. The van der Waals surface area contributed by atoms with Crippen molar-refractivity contribution in [3.63, 3.8) is 0 Å². The summed E-state index contributed by atoms with van der Waals surface area (Å²) >= 11 is 0. The van der Waals surface area contributed by atoms with Crippen molar-refractivity contribution in [2.75, 3.05) is 0 Å². The molecule has 0 aliphatic carbocycles. The third kappa shape index (κ3) is 4.10. The second-order valence-electron chi connectivity index (χ2n) is 5.96. The van der Waals surface area contributed by atoms with Crippen molar-refractivity contribution in [1.82, 2.24) is 9.13 Å². The summed E-state index contributed by atoms with van der Waals surface area (Å²) in [5, 5.41) is 0. The molecule has 0 radical (unpaired) electrons. The summed E-state index contributed by atoms with van der Waals surface area (Å²) in [5.41, 5.74) is 2.61. The summed E-state index contributed by atoms with van der Waals surface area (Å²) in [6.07, 6.45) is 16.4. The van der Waals surface area contributed by atoms with Gasteiger partial charge in [-0.3, -0.25) is 0 Å². The monoisotopic (exact) mass is 320 g/mol. The Bertz CT molecular complexity index is 760. The molecule has 0 amide bonds. The molecule has 24 heavy (non-hydrogen) atoms. The molecule has 2 heterocycles. The Balaban J connectivity index is 1.68. The van der Waals surface area contributed by atoms with Crippen LogP contribution >= 0.6 is 0 Å². The smallest absolute Gasteiger partial charge is 0.233 e. The van der Waals surface area contributed by atoms with E-state index >= 15 is 0 Å². The van der Waals surface area contributed by atoms with E-state index in [1.54, 1.807) is 0 Å². The van der Waals surface area contributed by atoms with Crippen molar-refractivity contribution in [3.05, 3.63) is 98.1 Å². The van der Waals surface area contributed by atoms with E-state index in [1.165, 1.54) is 11.1 Å². The summed E-state index contributed by atoms with van der Waals surface area (Å²) in [6.45, 7) is 11.0. The van der Waals surface area contributed by atoms with Gasteiger partial charge in [-0.1, -0.05) is 43.5 Å². The highest BCUT2D eigenvalue weighted by atomic mass is 15.1. The van der Waals surface area contributed by atoms with E-state index in [4.69, 9.17) is 0 Å². The van der Waals surface area contributed by atoms with Crippen molar-refractivity contribution < 1.29 is 9.13 Å². The highest BCUT2D eigenvalue weighted by Gasteiger charge is 2.07. The third-order valence-electron chi connectivity index (χ3n) is 3.89. The van der Waals surface area contributed by atoms with Gasteiger partial charge < -0.3 is 0 Å². The molecular formula is C20H24N4+2. The van der Waals surface area contributed by atoms with Gasteiger partial charge in [0.2, 0.25) is 12.7 Å². The van der Waals surface area contributed by atoms with Crippen molar-refractivity contribution in [2.45, 2.75) is 26.2 Å². The number of aromatic nitrogens is 4. The Labute approximate surface area is 143 Å². The standard InChI is InChI=1S/C20H24N4/c1-3-8-21-10-12-23(17-21)15-19-6-5-7-20(14-19)16-24-13-11-22(18-24)9-4-2/h3-7,10-14,17-18H,1-2,8-9,15-16H2/q+2. The predicted octanol–water partition coefficient (Wildman–Crippen LogP) is 2.33. The largest absolute Gasteiger partial charge is 0.244 e. The molecule has 1 aromatic carbocycles. The third-order valence-corrected chi connectivity index (χ3v) is 3.89. The van der Waals surface area contributed by atoms with Crippen molar-refractivity contribution in [2.24, 2.45) is 0 Å². The summed E-state index contributed by atoms with van der Waals surface area (Å²) in [7, 11) is 0. The van der Waals surface area contributed by atoms with E-state index in [0.717, 1.165) is 26.2 Å². The fraction of sp³-hybridized carbons (Fsp3) is 0.200. The molecule has 0 saturated heterocycles. The first kappa shape index (κ1) is 16.0. The number of nitrogens with zero attached hydrogens (tertiary/aromatic N) is 4. The molecule has 4 heteroatoms. The average molecular weight is 320 g/mol. The summed E-state index contributed by atoms with van der Waals surface area (Å²) in [5.74, 6) is 0. The molecule has 0 saturated carbocycles. The number of allylic oxidation sites excluding steroid dienone is 2. The van der Waals surface area contributed by atoms with Crippen LogP contribution in [-0.2, 0) is 26.2 Å². The first-order valence-electron chi connectivity index (χ1n) is 8.16. The Morgan fingerprint density at radius 1 is 0.833 bits per heavy atom. The van der Waals surface area contributed by atoms with Gasteiger partial charge in [0.15, 0.2) is 0 Å². The van der Waals surface area contributed by atoms with Crippen LogP contribution in [-0.4, -0.2) is 9.13 Å². The topological polar surface area (TPSA) is 17.6 Å². The summed E-state index contributed by atoms with van der Waals surface area (Å²) in [4.78, 5) is 0. The van der Waals surface area contributed by atoms with Crippen LogP contribution in [0.2, 0.25) is 0 Å². The Morgan fingerprint density at radius 2 is 1.33 bits per heavy atom. The van der Waals surface area contributed by atoms with Crippen LogP contribution in [0.3, 0.4) is 0 Å². The zero-order chi connectivity index (χ0) is 16.8. The van der Waals surface area contributed by atoms with Crippen LogP contribution in [0.4, 0.5) is 0 Å². The van der Waals surface area contributed by atoms with E-state index in [1.807, 2.05) is 12.2 Å². The van der Waals surface area contributed by atoms with Crippen LogP contribution < -0.4 is 9.13 Å². The molecule has 3 aromatic rings. The van der Waals surface area contributed by atoms with E-state index in [0.29, 0.717) is 0 Å². The molecule has 0 fully saturated rings. The fourth-order valence-electron chi connectivity index (χ4n) is 2.83. The van der Waals surface area contributed by atoms with Crippen LogP contribution in [0, 0.1) is 0 Å². The lowest BCUT2D eigenvalue weighted by Gasteiger charge is -2.02. The van der Waals surface area contributed by atoms with Gasteiger partial charge in [0.05, 0.1) is 0 Å². The van der Waals surface area contributed by atoms with Crippen molar-refractivity contribution in [1.29, 1.82) is 0 Å². The molecule has 2 aromatic heterocycles. The van der Waals surface area contributed by atoms with Gasteiger partial charge in [0.1, 0.15) is 51.0 Å². The lowest BCUT2D eigenvalue weighted by molar-refractivity contribution is -0.688. The molecule has 0 aliphatic rings. The molecule has 0 aliphatic heterocycles. The quantitative estimate of drug-likeness (QED) is 0.448. The van der Waals surface area contributed by atoms with Crippen LogP contribution in [0.5, 0.6) is 0 Å². The maximum atomic E-state index is 3.77. The lowest BCUT2D eigenvalue weighted by atomic mass is 10.1. The molecule has 0 spiro atoms. The Kier molecular flexibility index (Phi) is 5.06. The highest BCUT2D eigenvalue weighted by molar-refractivity contribution is 5.22. The summed E-state index contributed by atoms with van der Waals surface area (Å²) < 4.78 is 8.62. The number of hydrogen-bond acceptors (Lipinski definition) is 0. The van der Waals surface area contributed by atoms with Gasteiger partial charge in [0, 0.05) is 0 Å². The van der Waals surface area contributed by atoms with Crippen LogP contribution in [0.15, 0.2) is 87.0 Å². The Hall–Kier alpha value is -2.88. The van der Waals surface area contributed by atoms with Gasteiger partial charge in [-0.25, -0.2) is 18.3 Å². The first-order valence-corrected chi connectivity index (χ1v) is 8.16. The van der Waals surface area contributed by atoms with E-state index < -0.39 is 0 Å². The minimum absolute atomic E-state index is 0.839. The van der Waals surface area contributed by atoms with Gasteiger partial charge >= 0.3 is 0 Å². The number of rotatable bonds is 8. The molecule has 0 unspecified atom stereocenters. The van der Waals surface area contributed by atoms with Crippen molar-refractivity contribution in [3.8, 4) is 0 Å². The zero-order valence-corrected chi connectivity index (χ0v) is 14.0. The molecule has 3 rings (SSSR count). The Morgan fingerprint density at radius 3 is 1.79 bits per heavy atom. The predicted molar refractivity (Wildman–Crippen MR) is 94.3 cm³/mol. The SMILES string of the molecule is C=CCn1cc[n+](Cc2cccc(C[n+]3ccn(CC=C)c3)c2)c1. The number of imidazole rings is 2. The number of hydrogen-bond donors (Lipinski definition) is 0. The van der Waals surface area contributed by atoms with E-state index in [2.05, 4.69) is 93.1 Å². The minimum Gasteiger partial charge on any atom is -0.233 e. The molecule has 0 atom stereocenters. The average Bonchev–Trinajstić information content (AvgIpc) is 3.18. The minimum atomic E-state index is 0.839. The molecule has 4 nitrogen and oxygen atoms in total. The van der Waals surface area contributed by atoms with E-state index in [-0.39, 0.29) is 0 Å². The lowest BCUT2D eigenvalue weighted by Crippen LogP contribution is -2.33. The second kappa shape index (κ2) is 7.59. The van der Waals surface area contributed by atoms with Gasteiger partial charge in [-0.15, -0.1) is 0 Å².